The predicted molar refractivity (Wildman–Crippen MR) is 201 cm³/mol. The first-order valence-electron chi connectivity index (χ1n) is 19.2. The molecule has 2 N–H and O–H groups in total. The van der Waals surface area contributed by atoms with E-state index < -0.39 is 11.2 Å². The Morgan fingerprint density at radius 1 is 0.717 bits per heavy atom. The minimum absolute atomic E-state index is 0.00228. The summed E-state index contributed by atoms with van der Waals surface area (Å²) in [5.74, 6) is 4.58. The summed E-state index contributed by atoms with van der Waals surface area (Å²) in [5.41, 5.74) is -0.353. The smallest absolute Gasteiger partial charge is 0.320 e. The molecule has 0 amide bonds. The van der Waals surface area contributed by atoms with E-state index in [1.165, 1.54) is 0 Å². The Hall–Kier alpha value is -3.30. The molecular formula is C39H65N5O9. The molecule has 1 aromatic rings. The van der Waals surface area contributed by atoms with Crippen molar-refractivity contribution in [3.63, 3.8) is 0 Å². The maximum Gasteiger partial charge on any atom is 0.320 e. The third kappa shape index (κ3) is 18.1. The maximum absolute atomic E-state index is 13.4. The maximum atomic E-state index is 13.4. The lowest BCUT2D eigenvalue weighted by Gasteiger charge is -2.38. The first-order valence-corrected chi connectivity index (χ1v) is 19.2. The van der Waals surface area contributed by atoms with E-state index in [-0.39, 0.29) is 62.2 Å². The topological polar surface area (TPSA) is 153 Å². The van der Waals surface area contributed by atoms with Crippen LogP contribution in [0.3, 0.4) is 0 Å². The summed E-state index contributed by atoms with van der Waals surface area (Å²) in [6, 6.07) is 7.17. The Labute approximate surface area is 316 Å². The molecule has 0 unspecified atom stereocenters. The van der Waals surface area contributed by atoms with Gasteiger partial charge in [-0.25, -0.2) is 0 Å². The van der Waals surface area contributed by atoms with Gasteiger partial charge in [-0.1, -0.05) is 25.5 Å². The van der Waals surface area contributed by atoms with Gasteiger partial charge in [-0.3, -0.25) is 38.8 Å². The van der Waals surface area contributed by atoms with E-state index in [9.17, 15) is 19.2 Å². The first kappa shape index (κ1) is 44.1. The summed E-state index contributed by atoms with van der Waals surface area (Å²) < 4.78 is 22.8. The second-order valence-electron chi connectivity index (χ2n) is 16.2. The zero-order valence-corrected chi connectivity index (χ0v) is 33.2. The van der Waals surface area contributed by atoms with Gasteiger partial charge in [0.05, 0.1) is 32.8 Å². The molecule has 1 saturated heterocycles. The molecule has 1 atom stereocenters. The number of nitrogens with zero attached hydrogens (tertiary/aromatic N) is 4. The SMILES string of the molecule is CCCCOC(=O)CN1CCN(CC(=O)OC(C)(C)C)CCN(CC(=O)OC(C)(C)C)[C@@H](Cc2ccc(ON)cc2)CN(CC(=O)OC2CCC2)CC1. The second kappa shape index (κ2) is 21.6. The van der Waals surface area contributed by atoms with Crippen molar-refractivity contribution < 1.29 is 43.0 Å². The third-order valence-corrected chi connectivity index (χ3v) is 9.03. The molecule has 1 saturated carbocycles. The molecule has 1 aliphatic carbocycles. The lowest BCUT2D eigenvalue weighted by molar-refractivity contribution is -0.159. The number of ether oxygens (including phenoxy) is 4. The van der Waals surface area contributed by atoms with Crippen LogP contribution < -0.4 is 10.7 Å². The van der Waals surface area contributed by atoms with Crippen molar-refractivity contribution in [2.24, 2.45) is 5.90 Å². The summed E-state index contributed by atoms with van der Waals surface area (Å²) in [6.45, 7) is 16.7. The molecule has 300 valence electrons. The molecule has 2 fully saturated rings. The fraction of sp³-hybridized carbons (Fsp3) is 0.744. The molecule has 2 aliphatic rings. The number of unbranched alkanes of at least 4 members (excludes halogenated alkanes) is 1. The van der Waals surface area contributed by atoms with Crippen molar-refractivity contribution in [2.75, 3.05) is 78.6 Å². The molecule has 3 rings (SSSR count). The number of hydrogen-bond donors (Lipinski definition) is 1. The highest BCUT2D eigenvalue weighted by Gasteiger charge is 2.31. The number of hydrogen-bond acceptors (Lipinski definition) is 14. The van der Waals surface area contributed by atoms with E-state index in [0.29, 0.717) is 64.6 Å². The quantitative estimate of drug-likeness (QED) is 0.121. The summed E-state index contributed by atoms with van der Waals surface area (Å²) in [4.78, 5) is 65.8. The van der Waals surface area contributed by atoms with Crippen LogP contribution in [0.1, 0.15) is 86.1 Å². The summed E-state index contributed by atoms with van der Waals surface area (Å²) in [5, 5.41) is 0. The monoisotopic (exact) mass is 747 g/mol. The van der Waals surface area contributed by atoms with Crippen LogP contribution in [-0.2, 0) is 44.5 Å². The molecule has 1 aliphatic heterocycles. The van der Waals surface area contributed by atoms with E-state index >= 15 is 0 Å². The zero-order chi connectivity index (χ0) is 39.0. The zero-order valence-electron chi connectivity index (χ0n) is 33.2. The number of esters is 4. The molecule has 53 heavy (non-hydrogen) atoms. The van der Waals surface area contributed by atoms with Gasteiger partial charge in [0.2, 0.25) is 0 Å². The van der Waals surface area contributed by atoms with Crippen LogP contribution in [0, 0.1) is 0 Å². The van der Waals surface area contributed by atoms with Gasteiger partial charge in [-0.05, 0) is 91.3 Å². The fourth-order valence-electron chi connectivity index (χ4n) is 6.13. The molecule has 0 aromatic heterocycles. The van der Waals surface area contributed by atoms with Crippen LogP contribution in [0.4, 0.5) is 0 Å². The van der Waals surface area contributed by atoms with Crippen molar-refractivity contribution in [3.8, 4) is 5.75 Å². The van der Waals surface area contributed by atoms with E-state index in [1.54, 1.807) is 12.1 Å². The van der Waals surface area contributed by atoms with Gasteiger partial charge in [0.25, 0.3) is 0 Å². The van der Waals surface area contributed by atoms with E-state index in [2.05, 4.69) is 9.80 Å². The average Bonchev–Trinajstić information content (AvgIpc) is 3.03. The highest BCUT2D eigenvalue weighted by Crippen LogP contribution is 2.22. The van der Waals surface area contributed by atoms with Crippen molar-refractivity contribution in [1.82, 2.24) is 19.6 Å². The van der Waals surface area contributed by atoms with Gasteiger partial charge in [0.15, 0.2) is 0 Å². The lowest BCUT2D eigenvalue weighted by Crippen LogP contribution is -2.54. The number of rotatable bonds is 15. The van der Waals surface area contributed by atoms with E-state index in [0.717, 1.165) is 37.7 Å². The molecular weight excluding hydrogens is 682 g/mol. The molecule has 14 heteroatoms. The third-order valence-electron chi connectivity index (χ3n) is 9.03. The molecule has 0 bridgehead atoms. The van der Waals surface area contributed by atoms with Crippen molar-refractivity contribution in [3.05, 3.63) is 29.8 Å². The Morgan fingerprint density at radius 2 is 1.25 bits per heavy atom. The highest BCUT2D eigenvalue weighted by atomic mass is 16.6. The Balaban J connectivity index is 1.98. The minimum Gasteiger partial charge on any atom is -0.465 e. The average molecular weight is 748 g/mol. The first-order chi connectivity index (χ1) is 25.0. The van der Waals surface area contributed by atoms with Gasteiger partial charge in [-0.15, -0.1) is 0 Å². The Bertz CT molecular complexity index is 1290. The fourth-order valence-corrected chi connectivity index (χ4v) is 6.13. The molecule has 14 nitrogen and oxygen atoms in total. The van der Waals surface area contributed by atoms with Crippen molar-refractivity contribution in [2.45, 2.75) is 110 Å². The van der Waals surface area contributed by atoms with Gasteiger partial charge in [0.1, 0.15) is 23.1 Å². The van der Waals surface area contributed by atoms with E-state index in [4.69, 9.17) is 29.7 Å². The summed E-state index contributed by atoms with van der Waals surface area (Å²) in [7, 11) is 0. The van der Waals surface area contributed by atoms with E-state index in [1.807, 2.05) is 70.4 Å². The predicted octanol–water partition coefficient (Wildman–Crippen LogP) is 3.19. The minimum atomic E-state index is -0.682. The number of carbonyl (C=O) groups excluding carboxylic acids is 4. The number of carbonyl (C=O) groups is 4. The van der Waals surface area contributed by atoms with Crippen LogP contribution in [0.25, 0.3) is 0 Å². The van der Waals surface area contributed by atoms with Crippen LogP contribution >= 0.6 is 0 Å². The normalized spacial score (nSPS) is 19.3. The Morgan fingerprint density at radius 3 is 1.77 bits per heavy atom. The van der Waals surface area contributed by atoms with Crippen LogP contribution in [-0.4, -0.2) is 145 Å². The Kier molecular flexibility index (Phi) is 17.9. The van der Waals surface area contributed by atoms with Crippen LogP contribution in [0.5, 0.6) is 5.75 Å². The molecule has 1 heterocycles. The lowest BCUT2D eigenvalue weighted by atomic mass is 9.96. The van der Waals surface area contributed by atoms with Gasteiger partial charge < -0.3 is 23.8 Å². The van der Waals surface area contributed by atoms with Crippen molar-refractivity contribution in [1.29, 1.82) is 0 Å². The molecule has 0 radical (unpaired) electrons. The standard InChI is InChI=1S/C39H65N5O9/c1-8-9-23-49-34(45)26-41-17-18-42(28-36(47)51-38(2,3)4)21-22-44(29-37(48)52-39(5,6)7)31(24-30-13-15-33(53-40)16-14-30)25-43(20-19-41)27-35(46)50-32-11-10-12-32/h13-16,31-32H,8-12,17-29,40H2,1-7H3/t31-/m0/s1. The molecule has 1 aromatic carbocycles. The number of nitrogens with two attached hydrogens (primary N) is 1. The van der Waals surface area contributed by atoms with Crippen LogP contribution in [0.2, 0.25) is 0 Å². The van der Waals surface area contributed by atoms with Gasteiger partial charge in [0, 0.05) is 51.9 Å². The van der Waals surface area contributed by atoms with Gasteiger partial charge >= 0.3 is 23.9 Å². The number of benzene rings is 1. The molecule has 0 spiro atoms. The summed E-state index contributed by atoms with van der Waals surface area (Å²) >= 11 is 0. The highest BCUT2D eigenvalue weighted by molar-refractivity contribution is 5.73. The largest absolute Gasteiger partial charge is 0.465 e. The van der Waals surface area contributed by atoms with Crippen molar-refractivity contribution >= 4 is 23.9 Å². The van der Waals surface area contributed by atoms with Crippen LogP contribution in [0.15, 0.2) is 24.3 Å². The second-order valence-corrected chi connectivity index (χ2v) is 16.2. The van der Waals surface area contributed by atoms with Gasteiger partial charge in [-0.2, -0.15) is 5.90 Å². The summed E-state index contributed by atoms with van der Waals surface area (Å²) in [6.07, 6.45) is 4.97.